The third-order valence-electron chi connectivity index (χ3n) is 3.51. The summed E-state index contributed by atoms with van der Waals surface area (Å²) >= 11 is 0. The minimum atomic E-state index is -4.83. The second kappa shape index (κ2) is 6.68. The third kappa shape index (κ3) is 4.09. The average Bonchev–Trinajstić information content (AvgIpc) is 2.69. The van der Waals surface area contributed by atoms with Crippen LogP contribution in [0.2, 0.25) is 0 Å². The van der Waals surface area contributed by atoms with E-state index in [0.717, 1.165) is 4.90 Å². The van der Waals surface area contributed by atoms with Gasteiger partial charge in [0, 0.05) is 6.54 Å². The van der Waals surface area contributed by atoms with Gasteiger partial charge in [0.05, 0.1) is 12.6 Å². The molecule has 0 aromatic rings. The molecule has 130 valence electrons. The van der Waals surface area contributed by atoms with E-state index in [1.807, 2.05) is 0 Å². The summed E-state index contributed by atoms with van der Waals surface area (Å²) < 4.78 is 39.1. The number of piperidine rings is 1. The lowest BCUT2D eigenvalue weighted by molar-refractivity contribution is -0.143. The van der Waals surface area contributed by atoms with E-state index in [1.54, 1.807) is 6.92 Å². The van der Waals surface area contributed by atoms with Crippen molar-refractivity contribution in [3.63, 3.8) is 0 Å². The molecule has 0 aliphatic carbocycles. The lowest BCUT2D eigenvalue weighted by Crippen LogP contribution is -2.50. The normalized spacial score (nSPS) is 23.8. The zero-order chi connectivity index (χ0) is 17.2. The van der Waals surface area contributed by atoms with Crippen molar-refractivity contribution in [3.05, 3.63) is 0 Å². The van der Waals surface area contributed by atoms with Crippen LogP contribution < -0.4 is 5.32 Å². The summed E-state index contributed by atoms with van der Waals surface area (Å²) in [5.41, 5.74) is 0. The van der Waals surface area contributed by atoms with Crippen LogP contribution in [0.4, 0.5) is 4.79 Å². The first-order chi connectivity index (χ1) is 10.7. The Morgan fingerprint density at radius 3 is 2.70 bits per heavy atom. The van der Waals surface area contributed by atoms with Crippen molar-refractivity contribution in [2.24, 2.45) is 0 Å². The molecule has 2 aliphatic rings. The minimum absolute atomic E-state index is 0.0891. The van der Waals surface area contributed by atoms with E-state index in [4.69, 9.17) is 4.55 Å². The Kier molecular flexibility index (Phi) is 5.06. The predicted octanol–water partition coefficient (Wildman–Crippen LogP) is -1.33. The van der Waals surface area contributed by atoms with Gasteiger partial charge in [0.25, 0.3) is 0 Å². The Bertz CT molecular complexity index is 606. The van der Waals surface area contributed by atoms with Gasteiger partial charge in [-0.1, -0.05) is 0 Å². The fourth-order valence-electron chi connectivity index (χ4n) is 2.59. The van der Waals surface area contributed by atoms with Crippen LogP contribution >= 0.6 is 0 Å². The standard InChI is InChI=1S/C11H17N3O8S/c1-2-21-9(15)5-12-10(16)8-4-3-7-6-13(8)11(17)14(7)22-23(18,19)20/h7-8H,2-6H2,1H3,(H,12,16)(H,18,19,20)/t7-,8-/m0/s1. The van der Waals surface area contributed by atoms with Crippen LogP contribution in [-0.4, -0.2) is 72.6 Å². The number of hydrogen-bond donors (Lipinski definition) is 2. The van der Waals surface area contributed by atoms with Crippen molar-refractivity contribution >= 4 is 28.3 Å². The number of esters is 1. The van der Waals surface area contributed by atoms with Crippen LogP contribution in [-0.2, 0) is 29.0 Å². The van der Waals surface area contributed by atoms with Crippen molar-refractivity contribution in [2.75, 3.05) is 19.7 Å². The monoisotopic (exact) mass is 351 g/mol. The largest absolute Gasteiger partial charge is 0.465 e. The van der Waals surface area contributed by atoms with Crippen molar-refractivity contribution in [3.8, 4) is 0 Å². The Hall–Kier alpha value is -1.92. The smallest absolute Gasteiger partial charge is 0.418 e. The zero-order valence-corrected chi connectivity index (χ0v) is 13.1. The molecule has 2 N–H and O–H groups in total. The van der Waals surface area contributed by atoms with E-state index in [0.29, 0.717) is 11.5 Å². The summed E-state index contributed by atoms with van der Waals surface area (Å²) in [7, 11) is -4.83. The van der Waals surface area contributed by atoms with Crippen LogP contribution in [0, 0.1) is 0 Å². The summed E-state index contributed by atoms with van der Waals surface area (Å²) in [5.74, 6) is -1.14. The molecule has 11 nitrogen and oxygen atoms in total. The number of fused-ring (bicyclic) bond motifs is 2. The minimum Gasteiger partial charge on any atom is -0.465 e. The Morgan fingerprint density at radius 2 is 2.09 bits per heavy atom. The molecule has 2 fully saturated rings. The summed E-state index contributed by atoms with van der Waals surface area (Å²) in [5, 5.41) is 2.92. The molecule has 0 aromatic heterocycles. The van der Waals surface area contributed by atoms with Gasteiger partial charge in [-0.15, -0.1) is 4.28 Å². The van der Waals surface area contributed by atoms with Crippen LogP contribution in [0.1, 0.15) is 19.8 Å². The maximum atomic E-state index is 12.1. The molecular weight excluding hydrogens is 334 g/mol. The second-order valence-corrected chi connectivity index (χ2v) is 6.04. The van der Waals surface area contributed by atoms with E-state index in [-0.39, 0.29) is 26.1 Å². The molecule has 2 saturated heterocycles. The number of amides is 3. The molecule has 0 radical (unpaired) electrons. The SMILES string of the molecule is CCOC(=O)CNC(=O)[C@@H]1CC[C@H]2CN1C(=O)N2OS(=O)(=O)O. The van der Waals surface area contributed by atoms with Gasteiger partial charge >= 0.3 is 22.4 Å². The molecule has 0 unspecified atom stereocenters. The van der Waals surface area contributed by atoms with E-state index in [1.165, 1.54) is 0 Å². The number of hydrogen-bond acceptors (Lipinski definition) is 7. The summed E-state index contributed by atoms with van der Waals surface area (Å²) in [6.45, 7) is 1.59. The summed E-state index contributed by atoms with van der Waals surface area (Å²) in [6.07, 6.45) is 0.589. The first-order valence-electron chi connectivity index (χ1n) is 6.93. The van der Waals surface area contributed by atoms with Gasteiger partial charge in [0.15, 0.2) is 0 Å². The molecular formula is C11H17N3O8S. The van der Waals surface area contributed by atoms with Crippen LogP contribution in [0.3, 0.4) is 0 Å². The first kappa shape index (κ1) is 17.4. The van der Waals surface area contributed by atoms with Crippen molar-refractivity contribution in [1.82, 2.24) is 15.3 Å². The molecule has 0 saturated carbocycles. The molecule has 0 aromatic carbocycles. The molecule has 2 bridgehead atoms. The number of carbonyl (C=O) groups excluding carboxylic acids is 3. The highest BCUT2D eigenvalue weighted by atomic mass is 32.3. The molecule has 2 heterocycles. The molecule has 23 heavy (non-hydrogen) atoms. The number of carbonyl (C=O) groups is 3. The highest BCUT2D eigenvalue weighted by molar-refractivity contribution is 7.80. The van der Waals surface area contributed by atoms with E-state index in [2.05, 4.69) is 14.3 Å². The van der Waals surface area contributed by atoms with Gasteiger partial charge in [0.2, 0.25) is 5.91 Å². The van der Waals surface area contributed by atoms with Gasteiger partial charge in [-0.05, 0) is 19.8 Å². The molecule has 2 aliphatic heterocycles. The Balaban J connectivity index is 1.98. The lowest BCUT2D eigenvalue weighted by atomic mass is 10.0. The molecule has 2 rings (SSSR count). The fraction of sp³-hybridized carbons (Fsp3) is 0.727. The van der Waals surface area contributed by atoms with Crippen molar-refractivity contribution in [1.29, 1.82) is 0 Å². The number of nitrogens with one attached hydrogen (secondary N) is 1. The maximum Gasteiger partial charge on any atom is 0.418 e. The second-order valence-electron chi connectivity index (χ2n) is 5.03. The molecule has 12 heteroatoms. The molecule has 3 amide bonds. The number of rotatable bonds is 6. The van der Waals surface area contributed by atoms with Gasteiger partial charge < -0.3 is 15.0 Å². The highest BCUT2D eigenvalue weighted by Crippen LogP contribution is 2.30. The van der Waals surface area contributed by atoms with Gasteiger partial charge in [-0.2, -0.15) is 13.5 Å². The van der Waals surface area contributed by atoms with Crippen molar-refractivity contribution in [2.45, 2.75) is 31.8 Å². The number of nitrogens with zero attached hydrogens (tertiary/aromatic N) is 2. The zero-order valence-electron chi connectivity index (χ0n) is 12.3. The Labute approximate surface area is 132 Å². The predicted molar refractivity (Wildman–Crippen MR) is 73.0 cm³/mol. The maximum absolute atomic E-state index is 12.1. The lowest BCUT2D eigenvalue weighted by Gasteiger charge is -2.29. The summed E-state index contributed by atoms with van der Waals surface area (Å²) in [6, 6.07) is -2.25. The van der Waals surface area contributed by atoms with Crippen LogP contribution in [0.5, 0.6) is 0 Å². The third-order valence-corrected chi connectivity index (χ3v) is 3.86. The number of ether oxygens (including phenoxy) is 1. The van der Waals surface area contributed by atoms with E-state index in [9.17, 15) is 22.8 Å². The average molecular weight is 351 g/mol. The van der Waals surface area contributed by atoms with Crippen LogP contribution in [0.25, 0.3) is 0 Å². The highest BCUT2D eigenvalue weighted by Gasteiger charge is 2.49. The van der Waals surface area contributed by atoms with Gasteiger partial charge in [-0.3, -0.25) is 14.1 Å². The summed E-state index contributed by atoms with van der Waals surface area (Å²) in [4.78, 5) is 36.6. The molecule has 0 spiro atoms. The fourth-order valence-corrected chi connectivity index (χ4v) is 2.98. The van der Waals surface area contributed by atoms with Gasteiger partial charge in [-0.25, -0.2) is 4.79 Å². The van der Waals surface area contributed by atoms with E-state index < -0.39 is 40.4 Å². The quantitative estimate of drug-likeness (QED) is 0.442. The van der Waals surface area contributed by atoms with E-state index >= 15 is 0 Å². The first-order valence-corrected chi connectivity index (χ1v) is 8.29. The number of hydroxylamine groups is 2. The van der Waals surface area contributed by atoms with Crippen LogP contribution in [0.15, 0.2) is 0 Å². The van der Waals surface area contributed by atoms with Gasteiger partial charge in [0.1, 0.15) is 12.6 Å². The Morgan fingerprint density at radius 1 is 1.39 bits per heavy atom. The molecule has 2 atom stereocenters. The number of urea groups is 1. The topological polar surface area (TPSA) is 143 Å². The van der Waals surface area contributed by atoms with Crippen molar-refractivity contribution < 1.29 is 36.4 Å².